The number of hydrogen-bond donors (Lipinski definition) is 1. The molecule has 1 N–H and O–H groups in total. The molecule has 1 aliphatic heterocycles. The van der Waals surface area contributed by atoms with E-state index in [-0.39, 0.29) is 25.2 Å². The molecule has 0 aliphatic carbocycles. The third-order valence-electron chi connectivity index (χ3n) is 4.29. The second kappa shape index (κ2) is 7.99. The van der Waals surface area contributed by atoms with Gasteiger partial charge in [-0.1, -0.05) is 0 Å². The molecular formula is C16H21F5N4. The molecule has 25 heavy (non-hydrogen) atoms. The molecule has 0 spiro atoms. The van der Waals surface area contributed by atoms with Crippen LogP contribution in [0.2, 0.25) is 0 Å². The molecule has 9 heteroatoms. The predicted molar refractivity (Wildman–Crippen MR) is 85.2 cm³/mol. The number of nitrogens with one attached hydrogen (secondary N) is 1. The third kappa shape index (κ3) is 5.04. The van der Waals surface area contributed by atoms with Gasteiger partial charge in [-0.25, -0.2) is 8.78 Å². The van der Waals surface area contributed by atoms with E-state index < -0.39 is 23.9 Å². The highest BCUT2D eigenvalue weighted by Crippen LogP contribution is 2.25. The molecule has 1 aliphatic rings. The second-order valence-electron chi connectivity index (χ2n) is 5.88. The van der Waals surface area contributed by atoms with Crippen LogP contribution in [0.15, 0.2) is 23.2 Å². The zero-order valence-corrected chi connectivity index (χ0v) is 14.1. The maximum atomic E-state index is 13.6. The molecule has 4 nitrogen and oxygen atoms in total. The summed E-state index contributed by atoms with van der Waals surface area (Å²) in [5, 5.41) is 2.93. The van der Waals surface area contributed by atoms with E-state index >= 15 is 0 Å². The summed E-state index contributed by atoms with van der Waals surface area (Å²) < 4.78 is 65.2. The van der Waals surface area contributed by atoms with Crippen molar-refractivity contribution in [2.75, 3.05) is 33.2 Å². The summed E-state index contributed by atoms with van der Waals surface area (Å²) in [6, 6.07) is 1.69. The van der Waals surface area contributed by atoms with Crippen molar-refractivity contribution in [3.8, 4) is 0 Å². The molecule has 1 saturated heterocycles. The molecule has 140 valence electrons. The van der Waals surface area contributed by atoms with Crippen molar-refractivity contribution in [3.63, 3.8) is 0 Å². The third-order valence-corrected chi connectivity index (χ3v) is 4.29. The smallest absolute Gasteiger partial charge is 0.352 e. The minimum absolute atomic E-state index is 0.0371. The predicted octanol–water partition coefficient (Wildman–Crippen LogP) is 2.61. The summed E-state index contributed by atoms with van der Waals surface area (Å²) in [6.07, 6.45) is -4.25. The van der Waals surface area contributed by atoms with E-state index in [0.29, 0.717) is 19.0 Å². The molecule has 0 aromatic heterocycles. The number of hydrogen-bond acceptors (Lipinski definition) is 2. The lowest BCUT2D eigenvalue weighted by atomic mass is 10.2. The van der Waals surface area contributed by atoms with E-state index in [4.69, 9.17) is 0 Å². The van der Waals surface area contributed by atoms with Crippen LogP contribution in [0.3, 0.4) is 0 Å². The van der Waals surface area contributed by atoms with Gasteiger partial charge in [0.2, 0.25) is 0 Å². The van der Waals surface area contributed by atoms with E-state index in [1.807, 2.05) is 0 Å². The summed E-state index contributed by atoms with van der Waals surface area (Å²) in [5.74, 6) is -0.626. The Bertz CT molecular complexity index is 609. The first kappa shape index (κ1) is 19.4. The van der Waals surface area contributed by atoms with Crippen molar-refractivity contribution in [1.82, 2.24) is 15.1 Å². The maximum absolute atomic E-state index is 13.6. The number of benzene rings is 1. The Hall–Kier alpha value is -1.90. The SMILES string of the molecule is CN=C(NCc1cc(F)ccc1F)N1CCN(C(C)C(F)(F)F)CC1. The highest BCUT2D eigenvalue weighted by Gasteiger charge is 2.41. The summed E-state index contributed by atoms with van der Waals surface area (Å²) in [4.78, 5) is 7.25. The Labute approximate surface area is 143 Å². The Balaban J connectivity index is 1.91. The molecule has 0 saturated carbocycles. The van der Waals surface area contributed by atoms with Gasteiger partial charge >= 0.3 is 6.18 Å². The van der Waals surface area contributed by atoms with Crippen LogP contribution in [0, 0.1) is 11.6 Å². The van der Waals surface area contributed by atoms with E-state index in [1.165, 1.54) is 11.9 Å². The number of aliphatic imine (C=N–C) groups is 1. The number of alkyl halides is 3. The molecule has 1 aromatic carbocycles. The number of piperazine rings is 1. The molecule has 1 unspecified atom stereocenters. The maximum Gasteiger partial charge on any atom is 0.403 e. The Morgan fingerprint density at radius 2 is 1.84 bits per heavy atom. The van der Waals surface area contributed by atoms with Crippen LogP contribution in [0.25, 0.3) is 0 Å². The van der Waals surface area contributed by atoms with E-state index in [0.717, 1.165) is 25.1 Å². The first-order chi connectivity index (χ1) is 11.7. The van der Waals surface area contributed by atoms with Crippen LogP contribution < -0.4 is 5.32 Å². The summed E-state index contributed by atoms with van der Waals surface area (Å²) in [7, 11) is 1.54. The normalized spacial score (nSPS) is 18.4. The van der Waals surface area contributed by atoms with Gasteiger partial charge in [0, 0.05) is 45.3 Å². The minimum atomic E-state index is -4.25. The van der Waals surface area contributed by atoms with Gasteiger partial charge in [-0.3, -0.25) is 9.89 Å². The summed E-state index contributed by atoms with van der Waals surface area (Å²) >= 11 is 0. The van der Waals surface area contributed by atoms with Gasteiger partial charge in [0.15, 0.2) is 5.96 Å². The lowest BCUT2D eigenvalue weighted by Crippen LogP contribution is -2.56. The highest BCUT2D eigenvalue weighted by molar-refractivity contribution is 5.80. The van der Waals surface area contributed by atoms with Gasteiger partial charge in [-0.2, -0.15) is 13.2 Å². The van der Waals surface area contributed by atoms with Crippen LogP contribution in [0.4, 0.5) is 22.0 Å². The van der Waals surface area contributed by atoms with E-state index in [1.54, 1.807) is 4.90 Å². The first-order valence-corrected chi connectivity index (χ1v) is 7.92. The number of guanidine groups is 1. The molecule has 1 fully saturated rings. The molecule has 2 rings (SSSR count). The molecule has 1 aromatic rings. The average Bonchev–Trinajstić information content (AvgIpc) is 2.57. The van der Waals surface area contributed by atoms with Crippen molar-refractivity contribution in [3.05, 3.63) is 35.4 Å². The van der Waals surface area contributed by atoms with Gasteiger partial charge in [0.05, 0.1) is 0 Å². The molecule has 0 radical (unpaired) electrons. The van der Waals surface area contributed by atoms with Crippen molar-refractivity contribution >= 4 is 5.96 Å². The van der Waals surface area contributed by atoms with Crippen molar-refractivity contribution in [2.45, 2.75) is 25.7 Å². The largest absolute Gasteiger partial charge is 0.403 e. The van der Waals surface area contributed by atoms with Crippen molar-refractivity contribution < 1.29 is 22.0 Å². The highest BCUT2D eigenvalue weighted by atomic mass is 19.4. The van der Waals surface area contributed by atoms with Crippen LogP contribution in [0.1, 0.15) is 12.5 Å². The van der Waals surface area contributed by atoms with Crippen molar-refractivity contribution in [2.24, 2.45) is 4.99 Å². The van der Waals surface area contributed by atoms with Gasteiger partial charge < -0.3 is 10.2 Å². The summed E-state index contributed by atoms with van der Waals surface area (Å²) in [6.45, 7) is 2.41. The molecule has 1 heterocycles. The van der Waals surface area contributed by atoms with Crippen molar-refractivity contribution in [1.29, 1.82) is 0 Å². The summed E-state index contributed by atoms with van der Waals surface area (Å²) in [5.41, 5.74) is 0.158. The zero-order chi connectivity index (χ0) is 18.6. The van der Waals surface area contributed by atoms with E-state index in [9.17, 15) is 22.0 Å². The lowest BCUT2D eigenvalue weighted by molar-refractivity contribution is -0.181. The van der Waals surface area contributed by atoms with Gasteiger partial charge in [-0.15, -0.1) is 0 Å². The fourth-order valence-electron chi connectivity index (χ4n) is 2.71. The lowest BCUT2D eigenvalue weighted by Gasteiger charge is -2.39. The second-order valence-corrected chi connectivity index (χ2v) is 5.88. The van der Waals surface area contributed by atoms with Gasteiger partial charge in [0.1, 0.15) is 17.7 Å². The fraction of sp³-hybridized carbons (Fsp3) is 0.562. The average molecular weight is 364 g/mol. The number of rotatable bonds is 3. The standard InChI is InChI=1S/C16H21F5N4/c1-11(16(19,20)21)24-5-7-25(8-6-24)15(22-2)23-10-12-9-13(17)3-4-14(12)18/h3-4,9,11H,5-8,10H2,1-2H3,(H,22,23). The molecule has 1 atom stereocenters. The fourth-order valence-corrected chi connectivity index (χ4v) is 2.71. The Morgan fingerprint density at radius 1 is 1.20 bits per heavy atom. The first-order valence-electron chi connectivity index (χ1n) is 7.92. The topological polar surface area (TPSA) is 30.9 Å². The van der Waals surface area contributed by atoms with Gasteiger partial charge in [-0.05, 0) is 25.1 Å². The zero-order valence-electron chi connectivity index (χ0n) is 14.1. The van der Waals surface area contributed by atoms with Crippen LogP contribution in [-0.4, -0.2) is 61.2 Å². The van der Waals surface area contributed by atoms with Crippen LogP contribution in [-0.2, 0) is 6.54 Å². The van der Waals surface area contributed by atoms with Crippen LogP contribution >= 0.6 is 0 Å². The molecule has 0 bridgehead atoms. The number of nitrogens with zero attached hydrogens (tertiary/aromatic N) is 3. The van der Waals surface area contributed by atoms with E-state index in [2.05, 4.69) is 10.3 Å². The monoisotopic (exact) mass is 364 g/mol. The molecular weight excluding hydrogens is 343 g/mol. The quantitative estimate of drug-likeness (QED) is 0.508. The minimum Gasteiger partial charge on any atom is -0.352 e. The number of halogens is 5. The molecule has 0 amide bonds. The Kier molecular flexibility index (Phi) is 6.21. The Morgan fingerprint density at radius 3 is 2.40 bits per heavy atom. The van der Waals surface area contributed by atoms with Crippen LogP contribution in [0.5, 0.6) is 0 Å². The van der Waals surface area contributed by atoms with Gasteiger partial charge in [0.25, 0.3) is 0 Å².